The number of carbonyl (C=O) groups excluding carboxylic acids is 1. The molecule has 0 radical (unpaired) electrons. The van der Waals surface area contributed by atoms with E-state index in [0.29, 0.717) is 17.9 Å². The van der Waals surface area contributed by atoms with Crippen LogP contribution in [-0.2, 0) is 4.79 Å². The van der Waals surface area contributed by atoms with Crippen molar-refractivity contribution >= 4 is 5.91 Å². The largest absolute Gasteiger partial charge is 0.340 e. The minimum absolute atomic E-state index is 0.366. The molecule has 1 amide bonds. The maximum Gasteiger partial charge on any atom is 0.225 e. The van der Waals surface area contributed by atoms with Crippen LogP contribution in [0.25, 0.3) is 0 Å². The Morgan fingerprint density at radius 1 is 1.14 bits per heavy atom. The monoisotopic (exact) mass is 305 g/mol. The highest BCUT2D eigenvalue weighted by Gasteiger charge is 2.41. The molecule has 2 aliphatic carbocycles. The molecule has 2 aliphatic rings. The Morgan fingerprint density at radius 2 is 1.86 bits per heavy atom. The van der Waals surface area contributed by atoms with E-state index >= 15 is 0 Å². The van der Waals surface area contributed by atoms with Gasteiger partial charge >= 0.3 is 0 Å². The molecule has 0 aromatic rings. The number of amides is 1. The van der Waals surface area contributed by atoms with Gasteiger partial charge in [-0.1, -0.05) is 31.9 Å². The highest BCUT2D eigenvalue weighted by Crippen LogP contribution is 2.43. The van der Waals surface area contributed by atoms with E-state index in [-0.39, 0.29) is 0 Å². The lowest BCUT2D eigenvalue weighted by Gasteiger charge is -2.27. The summed E-state index contributed by atoms with van der Waals surface area (Å²) in [5.74, 6) is 2.44. The highest BCUT2D eigenvalue weighted by atomic mass is 16.2. The Kier molecular flexibility index (Phi) is 6.98. The molecule has 0 aromatic heterocycles. The van der Waals surface area contributed by atoms with Gasteiger partial charge in [0.1, 0.15) is 0 Å². The lowest BCUT2D eigenvalue weighted by Crippen LogP contribution is -2.39. The molecule has 0 aromatic carbocycles. The zero-order valence-corrected chi connectivity index (χ0v) is 14.9. The van der Waals surface area contributed by atoms with E-state index in [1.54, 1.807) is 0 Å². The van der Waals surface area contributed by atoms with Gasteiger partial charge in [0, 0.05) is 18.5 Å². The Morgan fingerprint density at radius 3 is 2.50 bits per heavy atom. The molecule has 2 atom stereocenters. The fourth-order valence-corrected chi connectivity index (χ4v) is 3.32. The number of carbonyl (C=O) groups is 1. The fourth-order valence-electron chi connectivity index (χ4n) is 3.32. The van der Waals surface area contributed by atoms with Crippen LogP contribution in [0, 0.1) is 17.8 Å². The van der Waals surface area contributed by atoms with Crippen molar-refractivity contribution in [1.82, 2.24) is 4.90 Å². The number of hydrogen-bond donors (Lipinski definition) is 0. The molecule has 0 aliphatic heterocycles. The van der Waals surface area contributed by atoms with Crippen LogP contribution in [0.4, 0.5) is 0 Å². The molecule has 2 unspecified atom stereocenters. The standard InChI is InChI=1S/C20H35NO/c1-4-5-6-7-8-9-10-11-18-14-19(18)15-21(16(2)3)20(22)17-12-13-17/h8-9,16-19H,4-7,10-15H2,1-3H3. The van der Waals surface area contributed by atoms with Crippen LogP contribution in [0.1, 0.15) is 78.6 Å². The maximum absolute atomic E-state index is 12.3. The van der Waals surface area contributed by atoms with Gasteiger partial charge in [-0.05, 0) is 70.6 Å². The van der Waals surface area contributed by atoms with E-state index in [1.807, 2.05) is 0 Å². The van der Waals surface area contributed by atoms with Crippen molar-refractivity contribution in [2.45, 2.75) is 84.6 Å². The molecule has 126 valence electrons. The third-order valence-electron chi connectivity index (χ3n) is 5.18. The number of unbranched alkanes of at least 4 members (excludes halogenated alkanes) is 3. The van der Waals surface area contributed by atoms with Gasteiger partial charge in [0.2, 0.25) is 5.91 Å². The summed E-state index contributed by atoms with van der Waals surface area (Å²) in [4.78, 5) is 14.5. The first-order chi connectivity index (χ1) is 10.6. The number of rotatable bonds is 11. The molecule has 0 saturated heterocycles. The molecular formula is C20H35NO. The summed E-state index contributed by atoms with van der Waals surface area (Å²) < 4.78 is 0. The third-order valence-corrected chi connectivity index (χ3v) is 5.18. The van der Waals surface area contributed by atoms with Gasteiger partial charge < -0.3 is 4.90 Å². The van der Waals surface area contributed by atoms with E-state index in [1.165, 1.54) is 44.9 Å². The van der Waals surface area contributed by atoms with Crippen LogP contribution in [0.5, 0.6) is 0 Å². The molecule has 0 N–H and O–H groups in total. The summed E-state index contributed by atoms with van der Waals surface area (Å²) in [7, 11) is 0. The van der Waals surface area contributed by atoms with Crippen LogP contribution in [0.15, 0.2) is 12.2 Å². The fraction of sp³-hybridized carbons (Fsp3) is 0.850. The van der Waals surface area contributed by atoms with Crippen molar-refractivity contribution in [3.05, 3.63) is 12.2 Å². The van der Waals surface area contributed by atoms with Crippen LogP contribution in [0.2, 0.25) is 0 Å². The van der Waals surface area contributed by atoms with Crippen molar-refractivity contribution in [1.29, 1.82) is 0 Å². The lowest BCUT2D eigenvalue weighted by atomic mass is 10.1. The molecule has 2 fully saturated rings. The second kappa shape index (κ2) is 8.74. The Bertz CT molecular complexity index is 370. The first-order valence-corrected chi connectivity index (χ1v) is 9.59. The Balaban J connectivity index is 1.59. The third kappa shape index (κ3) is 5.78. The van der Waals surface area contributed by atoms with Crippen molar-refractivity contribution in [2.75, 3.05) is 6.54 Å². The van der Waals surface area contributed by atoms with E-state index < -0.39 is 0 Å². The molecule has 2 nitrogen and oxygen atoms in total. The quantitative estimate of drug-likeness (QED) is 0.380. The minimum Gasteiger partial charge on any atom is -0.340 e. The molecule has 2 heteroatoms. The van der Waals surface area contributed by atoms with Crippen LogP contribution in [0.3, 0.4) is 0 Å². The molecule has 2 rings (SSSR count). The van der Waals surface area contributed by atoms with Gasteiger partial charge in [-0.15, -0.1) is 0 Å². The summed E-state index contributed by atoms with van der Waals surface area (Å²) in [5.41, 5.74) is 0. The number of allylic oxidation sites excluding steroid dienone is 2. The van der Waals surface area contributed by atoms with Gasteiger partial charge in [0.15, 0.2) is 0 Å². The van der Waals surface area contributed by atoms with Gasteiger partial charge in [0.05, 0.1) is 0 Å². The summed E-state index contributed by atoms with van der Waals surface area (Å²) in [6.07, 6.45) is 16.1. The van der Waals surface area contributed by atoms with E-state index in [0.717, 1.165) is 31.2 Å². The number of nitrogens with zero attached hydrogens (tertiary/aromatic N) is 1. The van der Waals surface area contributed by atoms with Crippen molar-refractivity contribution in [2.24, 2.45) is 17.8 Å². The first-order valence-electron chi connectivity index (χ1n) is 9.59. The van der Waals surface area contributed by atoms with Crippen LogP contribution >= 0.6 is 0 Å². The lowest BCUT2D eigenvalue weighted by molar-refractivity contribution is -0.134. The van der Waals surface area contributed by atoms with Gasteiger partial charge in [-0.3, -0.25) is 4.79 Å². The van der Waals surface area contributed by atoms with E-state index in [9.17, 15) is 4.79 Å². The maximum atomic E-state index is 12.3. The number of hydrogen-bond acceptors (Lipinski definition) is 1. The predicted molar refractivity (Wildman–Crippen MR) is 93.7 cm³/mol. The molecule has 0 spiro atoms. The van der Waals surface area contributed by atoms with Gasteiger partial charge in [0.25, 0.3) is 0 Å². The molecule has 2 saturated carbocycles. The average Bonchev–Trinajstić information content (AvgIpc) is 3.37. The average molecular weight is 306 g/mol. The van der Waals surface area contributed by atoms with E-state index in [2.05, 4.69) is 37.8 Å². The van der Waals surface area contributed by atoms with Crippen molar-refractivity contribution in [3.8, 4) is 0 Å². The zero-order valence-electron chi connectivity index (χ0n) is 14.9. The normalized spacial score (nSPS) is 24.2. The molecule has 0 bridgehead atoms. The highest BCUT2D eigenvalue weighted by molar-refractivity contribution is 5.81. The summed E-state index contributed by atoms with van der Waals surface area (Å²) >= 11 is 0. The van der Waals surface area contributed by atoms with Crippen molar-refractivity contribution in [3.63, 3.8) is 0 Å². The Hall–Kier alpha value is -0.790. The molecular weight excluding hydrogens is 270 g/mol. The minimum atomic E-state index is 0.366. The predicted octanol–water partition coefficient (Wildman–Crippen LogP) is 5.19. The zero-order chi connectivity index (χ0) is 15.9. The molecule has 22 heavy (non-hydrogen) atoms. The van der Waals surface area contributed by atoms with E-state index in [4.69, 9.17) is 0 Å². The van der Waals surface area contributed by atoms with Gasteiger partial charge in [-0.25, -0.2) is 0 Å². The molecule has 0 heterocycles. The van der Waals surface area contributed by atoms with Crippen LogP contribution < -0.4 is 0 Å². The van der Waals surface area contributed by atoms with Gasteiger partial charge in [-0.2, -0.15) is 0 Å². The smallest absolute Gasteiger partial charge is 0.225 e. The second-order valence-corrected chi connectivity index (χ2v) is 7.66. The second-order valence-electron chi connectivity index (χ2n) is 7.66. The van der Waals surface area contributed by atoms with Crippen LogP contribution in [-0.4, -0.2) is 23.4 Å². The summed E-state index contributed by atoms with van der Waals surface area (Å²) in [6.45, 7) is 7.59. The first kappa shape index (κ1) is 17.6. The summed E-state index contributed by atoms with van der Waals surface area (Å²) in [5, 5.41) is 0. The van der Waals surface area contributed by atoms with Crippen molar-refractivity contribution < 1.29 is 4.79 Å². The summed E-state index contributed by atoms with van der Waals surface area (Å²) in [6, 6.07) is 0.368. The topological polar surface area (TPSA) is 20.3 Å². The Labute approximate surface area is 137 Å². The SMILES string of the molecule is CCCCCC=CCCC1CC1CN(C(=O)C1CC1)C(C)C.